The number of benzene rings is 1. The third-order valence-electron chi connectivity index (χ3n) is 4.55. The summed E-state index contributed by atoms with van der Waals surface area (Å²) in [6.07, 6.45) is 0. The lowest BCUT2D eigenvalue weighted by atomic mass is 10.3. The van der Waals surface area contributed by atoms with Crippen LogP contribution in [0, 0.1) is 24.0 Å². The summed E-state index contributed by atoms with van der Waals surface area (Å²) in [4.78, 5) is 38.7. The Labute approximate surface area is 212 Å². The van der Waals surface area contributed by atoms with Crippen LogP contribution >= 0.6 is 34.8 Å². The Kier molecular flexibility index (Phi) is 8.48. The van der Waals surface area contributed by atoms with Crippen molar-refractivity contribution < 1.29 is 23.8 Å². The Balaban J connectivity index is 1.43. The molecule has 0 aliphatic carbocycles. The average Bonchev–Trinajstić information content (AvgIpc) is 3.36. The first-order valence-corrected chi connectivity index (χ1v) is 11.0. The number of nitro groups is 1. The highest BCUT2D eigenvalue weighted by Crippen LogP contribution is 2.33. The van der Waals surface area contributed by atoms with E-state index < -0.39 is 16.7 Å². The van der Waals surface area contributed by atoms with E-state index in [4.69, 9.17) is 44.1 Å². The fourth-order valence-electron chi connectivity index (χ4n) is 2.91. The maximum Gasteiger partial charge on any atom is 0.316 e. The topological polar surface area (TPSA) is 167 Å². The number of halogens is 3. The van der Waals surface area contributed by atoms with Gasteiger partial charge in [-0.2, -0.15) is 10.1 Å². The van der Waals surface area contributed by atoms with Crippen molar-refractivity contribution in [3.8, 4) is 5.75 Å². The van der Waals surface area contributed by atoms with Crippen LogP contribution in [0.25, 0.3) is 0 Å². The quantitative estimate of drug-likeness (QED) is 0.168. The van der Waals surface area contributed by atoms with Crippen molar-refractivity contribution in [1.82, 2.24) is 30.6 Å². The van der Waals surface area contributed by atoms with E-state index in [1.54, 1.807) is 6.92 Å². The molecule has 0 spiro atoms. The van der Waals surface area contributed by atoms with E-state index in [-0.39, 0.29) is 70.2 Å². The number of nitrogens with one attached hydrogen (secondary N) is 2. The van der Waals surface area contributed by atoms with E-state index in [0.717, 1.165) is 0 Å². The number of carbonyl (C=O) groups excluding carboxylic acids is 2. The standard InChI is InChI=1S/C19H18Cl3N7O6/c1-9-17(29(32)33)10(2)28(26-9)7-15-25-19(35-27-15)18(31)24-4-3-23-16(30)8-34-14-6-12(21)11(20)5-13(14)22/h5-6H,3-4,7-8H2,1-2H3,(H,23,30)(H,24,31). The number of hydrogen-bond acceptors (Lipinski definition) is 9. The molecule has 3 rings (SSSR count). The fraction of sp³-hybridized carbons (Fsp3) is 0.316. The zero-order chi connectivity index (χ0) is 25.7. The van der Waals surface area contributed by atoms with Crippen LogP contribution in [0.15, 0.2) is 16.7 Å². The summed E-state index contributed by atoms with van der Waals surface area (Å²) in [7, 11) is 0. The molecule has 0 unspecified atom stereocenters. The number of aromatic nitrogens is 4. The van der Waals surface area contributed by atoms with Crippen LogP contribution in [0.4, 0.5) is 5.69 Å². The smallest absolute Gasteiger partial charge is 0.316 e. The first-order valence-electron chi connectivity index (χ1n) is 9.90. The molecule has 2 aromatic heterocycles. The number of amides is 2. The summed E-state index contributed by atoms with van der Waals surface area (Å²) in [5, 5.41) is 24.6. The van der Waals surface area contributed by atoms with Gasteiger partial charge >= 0.3 is 17.5 Å². The Morgan fingerprint density at radius 3 is 2.51 bits per heavy atom. The van der Waals surface area contributed by atoms with Crippen molar-refractivity contribution in [3.05, 3.63) is 60.4 Å². The molecule has 3 aromatic rings. The highest BCUT2D eigenvalue weighted by Gasteiger charge is 2.23. The minimum atomic E-state index is -0.656. The van der Waals surface area contributed by atoms with Gasteiger partial charge in [0, 0.05) is 19.2 Å². The lowest BCUT2D eigenvalue weighted by Crippen LogP contribution is -2.36. The minimum absolute atomic E-state index is 0.0177. The molecule has 2 heterocycles. The molecule has 16 heteroatoms. The van der Waals surface area contributed by atoms with E-state index in [9.17, 15) is 19.7 Å². The number of ether oxygens (including phenoxy) is 1. The van der Waals surface area contributed by atoms with Gasteiger partial charge in [-0.15, -0.1) is 0 Å². The van der Waals surface area contributed by atoms with Gasteiger partial charge in [0.05, 0.1) is 20.0 Å². The van der Waals surface area contributed by atoms with Gasteiger partial charge in [0.1, 0.15) is 23.7 Å². The molecule has 0 aliphatic heterocycles. The first-order chi connectivity index (χ1) is 16.6. The van der Waals surface area contributed by atoms with Crippen molar-refractivity contribution in [2.75, 3.05) is 19.7 Å². The monoisotopic (exact) mass is 545 g/mol. The van der Waals surface area contributed by atoms with Crippen LogP contribution in [0.5, 0.6) is 5.75 Å². The van der Waals surface area contributed by atoms with E-state index in [0.29, 0.717) is 5.69 Å². The van der Waals surface area contributed by atoms with Gasteiger partial charge < -0.3 is 19.9 Å². The number of aryl methyl sites for hydroxylation is 1. The van der Waals surface area contributed by atoms with Gasteiger partial charge in [-0.3, -0.25) is 24.4 Å². The molecule has 35 heavy (non-hydrogen) atoms. The molecule has 0 radical (unpaired) electrons. The normalized spacial score (nSPS) is 10.8. The Morgan fingerprint density at radius 2 is 1.83 bits per heavy atom. The molecular formula is C19H18Cl3N7O6. The predicted molar refractivity (Wildman–Crippen MR) is 124 cm³/mol. The van der Waals surface area contributed by atoms with Crippen LogP contribution in [0.1, 0.15) is 27.9 Å². The summed E-state index contributed by atoms with van der Waals surface area (Å²) in [6, 6.07) is 2.80. The third-order valence-corrected chi connectivity index (χ3v) is 5.56. The van der Waals surface area contributed by atoms with Crippen LogP contribution < -0.4 is 15.4 Å². The Morgan fingerprint density at radius 1 is 1.14 bits per heavy atom. The van der Waals surface area contributed by atoms with Crippen LogP contribution in [0.3, 0.4) is 0 Å². The van der Waals surface area contributed by atoms with E-state index >= 15 is 0 Å². The second-order valence-corrected chi connectivity index (χ2v) is 8.26. The molecule has 0 fully saturated rings. The maximum absolute atomic E-state index is 12.2. The van der Waals surface area contributed by atoms with Gasteiger partial charge in [-0.25, -0.2) is 0 Å². The molecule has 2 N–H and O–H groups in total. The molecule has 0 bridgehead atoms. The Hall–Kier alpha value is -3.42. The summed E-state index contributed by atoms with van der Waals surface area (Å²) in [5.74, 6) is -1.11. The number of nitrogens with zero attached hydrogens (tertiary/aromatic N) is 5. The Bertz CT molecular complexity index is 1280. The second kappa shape index (κ2) is 11.3. The SMILES string of the molecule is Cc1nn(Cc2noc(C(=O)NCCNC(=O)COc3cc(Cl)c(Cl)cc3Cl)n2)c(C)c1[N+](=O)[O-]. The molecule has 0 aliphatic rings. The summed E-state index contributed by atoms with van der Waals surface area (Å²) in [6.45, 7) is 2.88. The van der Waals surface area contributed by atoms with E-state index in [2.05, 4.69) is 25.9 Å². The highest BCUT2D eigenvalue weighted by molar-refractivity contribution is 6.43. The molecule has 0 atom stereocenters. The van der Waals surface area contributed by atoms with Gasteiger partial charge in [0.25, 0.3) is 5.91 Å². The van der Waals surface area contributed by atoms with Crippen molar-refractivity contribution in [3.63, 3.8) is 0 Å². The maximum atomic E-state index is 12.2. The first kappa shape index (κ1) is 26.2. The highest BCUT2D eigenvalue weighted by atomic mass is 35.5. The largest absolute Gasteiger partial charge is 0.482 e. The lowest BCUT2D eigenvalue weighted by molar-refractivity contribution is -0.386. The second-order valence-electron chi connectivity index (χ2n) is 7.04. The summed E-state index contributed by atoms with van der Waals surface area (Å²) < 4.78 is 11.6. The van der Waals surface area contributed by atoms with Crippen molar-refractivity contribution in [1.29, 1.82) is 0 Å². The molecule has 1 aromatic carbocycles. The van der Waals surface area contributed by atoms with Crippen LogP contribution in [-0.4, -0.2) is 56.4 Å². The van der Waals surface area contributed by atoms with Crippen LogP contribution in [-0.2, 0) is 11.3 Å². The molecule has 13 nitrogen and oxygen atoms in total. The average molecular weight is 547 g/mol. The van der Waals surface area contributed by atoms with Gasteiger partial charge in [0.15, 0.2) is 12.4 Å². The van der Waals surface area contributed by atoms with Crippen LogP contribution in [0.2, 0.25) is 15.1 Å². The van der Waals surface area contributed by atoms with E-state index in [1.807, 2.05) is 0 Å². The minimum Gasteiger partial charge on any atom is -0.482 e. The molecular weight excluding hydrogens is 529 g/mol. The molecule has 186 valence electrons. The predicted octanol–water partition coefficient (Wildman–Crippen LogP) is 2.72. The van der Waals surface area contributed by atoms with Crippen molar-refractivity contribution >= 4 is 52.3 Å². The zero-order valence-electron chi connectivity index (χ0n) is 18.3. The third kappa shape index (κ3) is 6.59. The number of rotatable bonds is 10. The zero-order valence-corrected chi connectivity index (χ0v) is 20.6. The summed E-state index contributed by atoms with van der Waals surface area (Å²) >= 11 is 17.7. The number of hydrogen-bond donors (Lipinski definition) is 2. The lowest BCUT2D eigenvalue weighted by Gasteiger charge is -2.10. The number of carbonyl (C=O) groups is 2. The summed E-state index contributed by atoms with van der Waals surface area (Å²) in [5.41, 5.74) is 0.477. The van der Waals surface area contributed by atoms with Gasteiger partial charge in [-0.1, -0.05) is 40.0 Å². The van der Waals surface area contributed by atoms with Crippen molar-refractivity contribution in [2.45, 2.75) is 20.4 Å². The fourth-order valence-corrected chi connectivity index (χ4v) is 3.50. The van der Waals surface area contributed by atoms with Crippen molar-refractivity contribution in [2.24, 2.45) is 0 Å². The van der Waals surface area contributed by atoms with Gasteiger partial charge in [0.2, 0.25) is 0 Å². The molecule has 2 amide bonds. The molecule has 0 saturated heterocycles. The van der Waals surface area contributed by atoms with Gasteiger partial charge in [-0.05, 0) is 19.9 Å². The molecule has 0 saturated carbocycles. The van der Waals surface area contributed by atoms with E-state index in [1.165, 1.54) is 23.7 Å².